The van der Waals surface area contributed by atoms with Crippen LogP contribution in [-0.4, -0.2) is 20.9 Å². The molecule has 0 radical (unpaired) electrons. The quantitative estimate of drug-likeness (QED) is 0.474. The van der Waals surface area contributed by atoms with E-state index in [1.165, 1.54) is 4.31 Å². The number of anilines is 2. The second-order valence-electron chi connectivity index (χ2n) is 8.32. The third-order valence-corrected chi connectivity index (χ3v) is 7.55. The zero-order chi connectivity index (χ0) is 24.2. The molecule has 0 aliphatic heterocycles. The summed E-state index contributed by atoms with van der Waals surface area (Å²) in [5.74, 6) is -0.374. The zero-order valence-corrected chi connectivity index (χ0v) is 20.8. The van der Waals surface area contributed by atoms with Crippen LogP contribution in [0.1, 0.15) is 41.7 Å². The van der Waals surface area contributed by atoms with Gasteiger partial charge in [0, 0.05) is 5.69 Å². The van der Waals surface area contributed by atoms with E-state index < -0.39 is 10.0 Å². The van der Waals surface area contributed by atoms with Crippen LogP contribution in [0.3, 0.4) is 0 Å². The monoisotopic (exact) mass is 464 g/mol. The number of sulfonamides is 1. The summed E-state index contributed by atoms with van der Waals surface area (Å²) >= 11 is 0. The second-order valence-corrected chi connectivity index (χ2v) is 10.2. The largest absolute Gasteiger partial charge is 0.324 e. The molecule has 3 rings (SSSR count). The molecule has 3 aromatic carbocycles. The van der Waals surface area contributed by atoms with Crippen LogP contribution in [0.2, 0.25) is 0 Å². The zero-order valence-electron chi connectivity index (χ0n) is 20.0. The molecule has 0 heterocycles. The normalized spacial score (nSPS) is 11.3. The van der Waals surface area contributed by atoms with Gasteiger partial charge in [-0.05, 0) is 68.5 Å². The Balaban J connectivity index is 2.02. The van der Waals surface area contributed by atoms with Gasteiger partial charge in [-0.3, -0.25) is 9.10 Å². The topological polar surface area (TPSA) is 66.5 Å². The molecule has 0 aliphatic carbocycles. The number of para-hydroxylation sites is 1. The van der Waals surface area contributed by atoms with E-state index in [9.17, 15) is 13.2 Å². The Morgan fingerprint density at radius 1 is 0.848 bits per heavy atom. The average Bonchev–Trinajstić information content (AvgIpc) is 2.78. The first-order chi connectivity index (χ1) is 15.7. The van der Waals surface area contributed by atoms with Crippen molar-refractivity contribution in [3.05, 3.63) is 88.5 Å². The van der Waals surface area contributed by atoms with Gasteiger partial charge in [-0.15, -0.1) is 0 Å². The van der Waals surface area contributed by atoms with Crippen molar-refractivity contribution in [2.45, 2.75) is 52.4 Å². The van der Waals surface area contributed by atoms with E-state index in [1.807, 2.05) is 65.0 Å². The highest BCUT2D eigenvalue weighted by Gasteiger charge is 2.28. The van der Waals surface area contributed by atoms with Gasteiger partial charge in [-0.1, -0.05) is 67.4 Å². The van der Waals surface area contributed by atoms with E-state index in [4.69, 9.17) is 0 Å². The first kappa shape index (κ1) is 24.5. The molecular formula is C27H32N2O3S. The molecule has 33 heavy (non-hydrogen) atoms. The number of rotatable bonds is 8. The molecule has 1 amide bonds. The van der Waals surface area contributed by atoms with Crippen molar-refractivity contribution in [1.29, 1.82) is 0 Å². The van der Waals surface area contributed by atoms with Crippen LogP contribution in [0.4, 0.5) is 11.4 Å². The van der Waals surface area contributed by atoms with Gasteiger partial charge < -0.3 is 5.32 Å². The lowest BCUT2D eigenvalue weighted by Gasteiger charge is -2.26. The smallest absolute Gasteiger partial charge is 0.264 e. The summed E-state index contributed by atoms with van der Waals surface area (Å²) in [6.45, 7) is 9.47. The third-order valence-electron chi connectivity index (χ3n) is 5.78. The third kappa shape index (κ3) is 5.45. The summed E-state index contributed by atoms with van der Waals surface area (Å²) in [6, 6.07) is 18.2. The molecular weight excluding hydrogens is 432 g/mol. The molecule has 1 N–H and O–H groups in total. The highest BCUT2D eigenvalue weighted by molar-refractivity contribution is 7.92. The molecule has 5 nitrogen and oxygen atoms in total. The number of benzene rings is 3. The van der Waals surface area contributed by atoms with Gasteiger partial charge in [0.05, 0.1) is 10.6 Å². The van der Waals surface area contributed by atoms with Gasteiger partial charge >= 0.3 is 0 Å². The molecule has 3 aromatic rings. The highest BCUT2D eigenvalue weighted by Crippen LogP contribution is 2.28. The number of nitrogens with zero attached hydrogens (tertiary/aromatic N) is 1. The number of hydrogen-bond donors (Lipinski definition) is 1. The van der Waals surface area contributed by atoms with Crippen LogP contribution < -0.4 is 9.62 Å². The van der Waals surface area contributed by atoms with Crippen molar-refractivity contribution in [1.82, 2.24) is 0 Å². The van der Waals surface area contributed by atoms with E-state index in [-0.39, 0.29) is 17.3 Å². The molecule has 0 aromatic heterocycles. The van der Waals surface area contributed by atoms with Gasteiger partial charge in [0.1, 0.15) is 6.54 Å². The second kappa shape index (κ2) is 10.2. The number of amides is 1. The molecule has 0 fully saturated rings. The maximum atomic E-state index is 13.7. The maximum absolute atomic E-state index is 13.7. The van der Waals surface area contributed by atoms with Gasteiger partial charge in [0.25, 0.3) is 10.0 Å². The first-order valence-electron chi connectivity index (χ1n) is 11.2. The fourth-order valence-corrected chi connectivity index (χ4v) is 5.42. The van der Waals surface area contributed by atoms with E-state index >= 15 is 0 Å². The van der Waals surface area contributed by atoms with Crippen molar-refractivity contribution >= 4 is 27.3 Å². The SMILES string of the molecule is CCc1cccc(CC)c1NC(=O)CN(c1ccc(C)cc1C)S(=O)(=O)c1ccc(C)cc1. The Hall–Kier alpha value is -3.12. The van der Waals surface area contributed by atoms with Crippen LogP contribution >= 0.6 is 0 Å². The number of nitrogens with one attached hydrogen (secondary N) is 1. The summed E-state index contributed by atoms with van der Waals surface area (Å²) in [6.07, 6.45) is 1.54. The summed E-state index contributed by atoms with van der Waals surface area (Å²) in [5, 5.41) is 3.00. The summed E-state index contributed by atoms with van der Waals surface area (Å²) < 4.78 is 28.5. The van der Waals surface area contributed by atoms with Crippen LogP contribution in [0, 0.1) is 20.8 Å². The predicted octanol–water partition coefficient (Wildman–Crippen LogP) is 5.57. The lowest BCUT2D eigenvalue weighted by molar-refractivity contribution is -0.114. The summed E-state index contributed by atoms with van der Waals surface area (Å²) in [5.41, 5.74) is 6.12. The Morgan fingerprint density at radius 3 is 1.97 bits per heavy atom. The van der Waals surface area contributed by atoms with Gasteiger partial charge in [0.2, 0.25) is 5.91 Å². The van der Waals surface area contributed by atoms with Gasteiger partial charge in [-0.25, -0.2) is 8.42 Å². The number of aryl methyl sites for hydroxylation is 5. The van der Waals surface area contributed by atoms with E-state index in [0.717, 1.165) is 46.3 Å². The van der Waals surface area contributed by atoms with Crippen molar-refractivity contribution in [3.8, 4) is 0 Å². The van der Waals surface area contributed by atoms with Crippen LogP contribution in [0.5, 0.6) is 0 Å². The lowest BCUT2D eigenvalue weighted by Crippen LogP contribution is -2.38. The Kier molecular flexibility index (Phi) is 7.59. The van der Waals surface area contributed by atoms with Crippen LogP contribution in [-0.2, 0) is 27.7 Å². The predicted molar refractivity (Wildman–Crippen MR) is 135 cm³/mol. The molecule has 0 spiro atoms. The van der Waals surface area contributed by atoms with Crippen molar-refractivity contribution in [2.24, 2.45) is 0 Å². The van der Waals surface area contributed by atoms with E-state index in [0.29, 0.717) is 5.69 Å². The fraction of sp³-hybridized carbons (Fsp3) is 0.296. The van der Waals surface area contributed by atoms with Gasteiger partial charge in [-0.2, -0.15) is 0 Å². The van der Waals surface area contributed by atoms with Crippen molar-refractivity contribution < 1.29 is 13.2 Å². The minimum Gasteiger partial charge on any atom is -0.324 e. The average molecular weight is 465 g/mol. The van der Waals surface area contributed by atoms with Crippen LogP contribution in [0.15, 0.2) is 65.6 Å². The molecule has 0 unspecified atom stereocenters. The molecule has 0 saturated carbocycles. The molecule has 174 valence electrons. The number of carbonyl (C=O) groups excluding carboxylic acids is 1. The Bertz CT molecular complexity index is 1230. The Morgan fingerprint density at radius 2 is 1.42 bits per heavy atom. The van der Waals surface area contributed by atoms with Crippen LogP contribution in [0.25, 0.3) is 0 Å². The molecule has 0 saturated heterocycles. The van der Waals surface area contributed by atoms with Crippen molar-refractivity contribution in [2.75, 3.05) is 16.2 Å². The summed E-state index contributed by atoms with van der Waals surface area (Å²) in [7, 11) is -3.95. The number of carbonyl (C=O) groups is 1. The highest BCUT2D eigenvalue weighted by atomic mass is 32.2. The molecule has 0 bridgehead atoms. The minimum atomic E-state index is -3.95. The minimum absolute atomic E-state index is 0.157. The number of hydrogen-bond acceptors (Lipinski definition) is 3. The van der Waals surface area contributed by atoms with Crippen molar-refractivity contribution in [3.63, 3.8) is 0 Å². The molecule has 6 heteroatoms. The maximum Gasteiger partial charge on any atom is 0.264 e. The Labute approximate surface area is 197 Å². The summed E-state index contributed by atoms with van der Waals surface area (Å²) in [4.78, 5) is 13.4. The fourth-order valence-electron chi connectivity index (χ4n) is 3.93. The standard InChI is InChI=1S/C27H32N2O3S/c1-6-22-9-8-10-23(7-2)27(22)28-26(30)18-29(25-16-13-20(4)17-21(25)5)33(31,32)24-14-11-19(3)12-15-24/h8-17H,6-7,18H2,1-5H3,(H,28,30). The molecule has 0 aliphatic rings. The van der Waals surface area contributed by atoms with E-state index in [1.54, 1.807) is 30.3 Å². The van der Waals surface area contributed by atoms with E-state index in [2.05, 4.69) is 5.32 Å². The first-order valence-corrected chi connectivity index (χ1v) is 12.7. The van der Waals surface area contributed by atoms with Gasteiger partial charge in [0.15, 0.2) is 0 Å². The lowest BCUT2D eigenvalue weighted by atomic mass is 10.0. The molecule has 0 atom stereocenters.